The van der Waals surface area contributed by atoms with E-state index < -0.39 is 0 Å². The van der Waals surface area contributed by atoms with E-state index in [4.69, 9.17) is 0 Å². The van der Waals surface area contributed by atoms with Crippen LogP contribution in [0.1, 0.15) is 16.1 Å². The Labute approximate surface area is 128 Å². The van der Waals surface area contributed by atoms with Crippen LogP contribution in [0.25, 0.3) is 11.4 Å². The Morgan fingerprint density at radius 2 is 1.77 bits per heavy atom. The van der Waals surface area contributed by atoms with E-state index in [2.05, 4.69) is 20.3 Å². The van der Waals surface area contributed by atoms with Gasteiger partial charge in [-0.3, -0.25) is 9.78 Å². The minimum absolute atomic E-state index is 0.297. The van der Waals surface area contributed by atoms with Gasteiger partial charge in [0, 0.05) is 18.0 Å². The molecule has 0 atom stereocenters. The molecular formula is C17H14N4O. The molecule has 0 fully saturated rings. The molecule has 0 aliphatic rings. The van der Waals surface area contributed by atoms with Crippen molar-refractivity contribution in [3.63, 3.8) is 0 Å². The number of carbonyl (C=O) groups excluding carboxylic acids is 1. The molecule has 3 rings (SSSR count). The minimum Gasteiger partial charge on any atom is -0.305 e. The maximum absolute atomic E-state index is 12.1. The summed E-state index contributed by atoms with van der Waals surface area (Å²) in [7, 11) is 0. The molecule has 22 heavy (non-hydrogen) atoms. The molecule has 0 bridgehead atoms. The van der Waals surface area contributed by atoms with Crippen LogP contribution in [0.15, 0.2) is 60.9 Å². The highest BCUT2D eigenvalue weighted by Gasteiger charge is 2.09. The van der Waals surface area contributed by atoms with E-state index in [0.717, 1.165) is 5.56 Å². The van der Waals surface area contributed by atoms with E-state index >= 15 is 0 Å². The van der Waals surface area contributed by atoms with Crippen molar-refractivity contribution in [1.29, 1.82) is 0 Å². The van der Waals surface area contributed by atoms with Gasteiger partial charge in [-0.25, -0.2) is 9.97 Å². The number of rotatable bonds is 3. The summed E-state index contributed by atoms with van der Waals surface area (Å²) in [5.41, 5.74) is 2.42. The van der Waals surface area contributed by atoms with Gasteiger partial charge in [0.2, 0.25) is 0 Å². The van der Waals surface area contributed by atoms with Gasteiger partial charge in [0.05, 0.1) is 0 Å². The van der Waals surface area contributed by atoms with Crippen molar-refractivity contribution in [3.05, 3.63) is 72.2 Å². The number of nitrogens with one attached hydrogen (secondary N) is 1. The highest BCUT2D eigenvalue weighted by molar-refractivity contribution is 6.02. The van der Waals surface area contributed by atoms with E-state index in [1.165, 1.54) is 5.56 Å². The Balaban J connectivity index is 1.82. The molecule has 2 heterocycles. The van der Waals surface area contributed by atoms with Gasteiger partial charge in [0.15, 0.2) is 5.82 Å². The predicted molar refractivity (Wildman–Crippen MR) is 84.4 cm³/mol. The second-order valence-corrected chi connectivity index (χ2v) is 4.80. The van der Waals surface area contributed by atoms with Gasteiger partial charge in [-0.15, -0.1) is 0 Å². The number of benzene rings is 1. The molecule has 0 saturated carbocycles. The van der Waals surface area contributed by atoms with Gasteiger partial charge >= 0.3 is 0 Å². The van der Waals surface area contributed by atoms with E-state index in [9.17, 15) is 4.79 Å². The topological polar surface area (TPSA) is 67.8 Å². The van der Waals surface area contributed by atoms with Crippen molar-refractivity contribution in [2.45, 2.75) is 6.92 Å². The number of aromatic nitrogens is 3. The number of hydrogen-bond acceptors (Lipinski definition) is 4. The van der Waals surface area contributed by atoms with Gasteiger partial charge in [-0.1, -0.05) is 35.9 Å². The summed E-state index contributed by atoms with van der Waals surface area (Å²) in [5, 5.41) is 2.73. The first kappa shape index (κ1) is 13.9. The van der Waals surface area contributed by atoms with Crippen LogP contribution in [0.4, 0.5) is 5.82 Å². The summed E-state index contributed by atoms with van der Waals surface area (Å²) < 4.78 is 0. The van der Waals surface area contributed by atoms with Gasteiger partial charge in [0.1, 0.15) is 11.5 Å². The molecule has 5 heteroatoms. The van der Waals surface area contributed by atoms with Crippen molar-refractivity contribution >= 4 is 11.7 Å². The smallest absolute Gasteiger partial charge is 0.275 e. The van der Waals surface area contributed by atoms with Crippen LogP contribution < -0.4 is 5.32 Å². The second-order valence-electron chi connectivity index (χ2n) is 4.80. The van der Waals surface area contributed by atoms with Gasteiger partial charge in [-0.05, 0) is 25.1 Å². The van der Waals surface area contributed by atoms with Crippen LogP contribution in [0, 0.1) is 6.92 Å². The average molecular weight is 290 g/mol. The largest absolute Gasteiger partial charge is 0.305 e. The number of anilines is 1. The molecule has 0 unspecified atom stereocenters. The zero-order valence-corrected chi connectivity index (χ0v) is 12.0. The van der Waals surface area contributed by atoms with Gasteiger partial charge in [0.25, 0.3) is 5.91 Å². The highest BCUT2D eigenvalue weighted by atomic mass is 16.1. The van der Waals surface area contributed by atoms with Crippen molar-refractivity contribution in [3.8, 4) is 11.4 Å². The quantitative estimate of drug-likeness (QED) is 0.804. The number of aryl methyl sites for hydroxylation is 1. The monoisotopic (exact) mass is 290 g/mol. The molecule has 0 radical (unpaired) electrons. The Kier molecular flexibility index (Phi) is 3.87. The fourth-order valence-electron chi connectivity index (χ4n) is 1.95. The number of pyridine rings is 1. The normalized spacial score (nSPS) is 10.2. The Hall–Kier alpha value is -3.08. The first-order valence-electron chi connectivity index (χ1n) is 6.85. The third kappa shape index (κ3) is 3.15. The molecular weight excluding hydrogens is 276 g/mol. The SMILES string of the molecule is Cc1ccc(-c2nccc(NC(=O)c3ccccn3)n2)cc1. The lowest BCUT2D eigenvalue weighted by Gasteiger charge is -2.06. The van der Waals surface area contributed by atoms with Crippen molar-refractivity contribution in [2.24, 2.45) is 0 Å². The van der Waals surface area contributed by atoms with Crippen molar-refractivity contribution in [2.75, 3.05) is 5.32 Å². The summed E-state index contributed by atoms with van der Waals surface area (Å²) >= 11 is 0. The summed E-state index contributed by atoms with van der Waals surface area (Å²) in [5.74, 6) is 0.717. The second kappa shape index (κ2) is 6.13. The maximum atomic E-state index is 12.1. The summed E-state index contributed by atoms with van der Waals surface area (Å²) in [6.45, 7) is 2.02. The van der Waals surface area contributed by atoms with E-state index in [1.807, 2.05) is 31.2 Å². The predicted octanol–water partition coefficient (Wildman–Crippen LogP) is 3.10. The van der Waals surface area contributed by atoms with E-state index in [1.54, 1.807) is 36.7 Å². The van der Waals surface area contributed by atoms with Gasteiger partial charge in [-0.2, -0.15) is 0 Å². The van der Waals surface area contributed by atoms with Crippen LogP contribution in [0.5, 0.6) is 0 Å². The van der Waals surface area contributed by atoms with Crippen LogP contribution in [-0.4, -0.2) is 20.9 Å². The van der Waals surface area contributed by atoms with Crippen LogP contribution in [-0.2, 0) is 0 Å². The maximum Gasteiger partial charge on any atom is 0.275 e. The van der Waals surface area contributed by atoms with Crippen molar-refractivity contribution < 1.29 is 4.79 Å². The molecule has 0 aliphatic carbocycles. The summed E-state index contributed by atoms with van der Waals surface area (Å²) in [6, 6.07) is 14.7. The molecule has 0 saturated heterocycles. The molecule has 0 spiro atoms. The zero-order valence-electron chi connectivity index (χ0n) is 12.0. The van der Waals surface area contributed by atoms with E-state index in [0.29, 0.717) is 17.3 Å². The Bertz CT molecular complexity index is 785. The molecule has 1 aromatic carbocycles. The lowest BCUT2D eigenvalue weighted by molar-refractivity contribution is 0.102. The molecule has 1 amide bonds. The molecule has 108 valence electrons. The van der Waals surface area contributed by atoms with Crippen LogP contribution in [0.3, 0.4) is 0 Å². The van der Waals surface area contributed by atoms with Crippen LogP contribution in [0.2, 0.25) is 0 Å². The molecule has 2 aromatic heterocycles. The number of carbonyl (C=O) groups is 1. The third-order valence-corrected chi connectivity index (χ3v) is 3.10. The highest BCUT2D eigenvalue weighted by Crippen LogP contribution is 2.17. The molecule has 3 aromatic rings. The van der Waals surface area contributed by atoms with Crippen molar-refractivity contribution in [1.82, 2.24) is 15.0 Å². The number of amides is 1. The minimum atomic E-state index is -0.297. The van der Waals surface area contributed by atoms with Gasteiger partial charge < -0.3 is 5.32 Å². The van der Waals surface area contributed by atoms with Crippen LogP contribution >= 0.6 is 0 Å². The first-order chi connectivity index (χ1) is 10.7. The number of nitrogens with zero attached hydrogens (tertiary/aromatic N) is 3. The molecule has 1 N–H and O–H groups in total. The fraction of sp³-hybridized carbons (Fsp3) is 0.0588. The molecule has 5 nitrogen and oxygen atoms in total. The zero-order chi connectivity index (χ0) is 15.4. The van der Waals surface area contributed by atoms with E-state index in [-0.39, 0.29) is 5.91 Å². The standard InChI is InChI=1S/C17H14N4O/c1-12-5-7-13(8-6-12)16-19-11-9-15(20-16)21-17(22)14-4-2-3-10-18-14/h2-11H,1H3,(H,19,20,21,22). The molecule has 0 aliphatic heterocycles. The summed E-state index contributed by atoms with van der Waals surface area (Å²) in [6.07, 6.45) is 3.20. The lowest BCUT2D eigenvalue weighted by atomic mass is 10.1. The third-order valence-electron chi connectivity index (χ3n) is 3.10. The lowest BCUT2D eigenvalue weighted by Crippen LogP contribution is -2.14. The fourth-order valence-corrected chi connectivity index (χ4v) is 1.95. The summed E-state index contributed by atoms with van der Waals surface area (Å²) in [4.78, 5) is 24.7. The Morgan fingerprint density at radius 1 is 0.955 bits per heavy atom. The number of hydrogen-bond donors (Lipinski definition) is 1. The first-order valence-corrected chi connectivity index (χ1v) is 6.85. The average Bonchev–Trinajstić information content (AvgIpc) is 2.56. The Morgan fingerprint density at radius 3 is 2.50 bits per heavy atom.